The second kappa shape index (κ2) is 8.84. The lowest BCUT2D eigenvalue weighted by molar-refractivity contribution is -0.115. The molecule has 0 unspecified atom stereocenters. The van der Waals surface area contributed by atoms with E-state index in [1.54, 1.807) is 24.3 Å². The fourth-order valence-electron chi connectivity index (χ4n) is 2.64. The Morgan fingerprint density at radius 2 is 1.75 bits per heavy atom. The summed E-state index contributed by atoms with van der Waals surface area (Å²) in [6.07, 6.45) is 0. The highest BCUT2D eigenvalue weighted by atomic mass is 32.2. The number of anilines is 1. The molecule has 0 spiro atoms. The van der Waals surface area contributed by atoms with Gasteiger partial charge in [-0.2, -0.15) is 0 Å². The van der Waals surface area contributed by atoms with Crippen LogP contribution in [0.25, 0.3) is 0 Å². The maximum Gasteiger partial charge on any atom is 0.237 e. The average Bonchev–Trinajstić information content (AvgIpc) is 3.02. The Morgan fingerprint density at radius 3 is 2.39 bits per heavy atom. The third-order valence-corrected chi connectivity index (χ3v) is 5.38. The van der Waals surface area contributed by atoms with Crippen LogP contribution >= 0.6 is 11.8 Å². The lowest BCUT2D eigenvalue weighted by Crippen LogP contribution is -2.23. The molecule has 3 aromatic rings. The largest absolute Gasteiger partial charge is 0.325 e. The summed E-state index contributed by atoms with van der Waals surface area (Å²) < 4.78 is 2.01. The SMILES string of the molecule is CC(=O)c1ccc(NC(=O)[C@H](C)Sc2nnc(C)n2Cc2ccccc2)cc1. The Balaban J connectivity index is 1.66. The number of rotatable bonds is 7. The summed E-state index contributed by atoms with van der Waals surface area (Å²) in [6, 6.07) is 16.9. The Bertz CT molecular complexity index is 968. The van der Waals surface area contributed by atoms with Crippen molar-refractivity contribution >= 4 is 29.1 Å². The summed E-state index contributed by atoms with van der Waals surface area (Å²) in [6.45, 7) is 5.91. The molecular formula is C21H22N4O2S. The van der Waals surface area contributed by atoms with Crippen LogP contribution in [-0.2, 0) is 11.3 Å². The van der Waals surface area contributed by atoms with Crippen molar-refractivity contribution in [3.63, 3.8) is 0 Å². The Kier molecular flexibility index (Phi) is 6.26. The van der Waals surface area contributed by atoms with E-state index in [-0.39, 0.29) is 16.9 Å². The molecule has 0 saturated carbocycles. The smallest absolute Gasteiger partial charge is 0.237 e. The fraction of sp³-hybridized carbons (Fsp3) is 0.238. The van der Waals surface area contributed by atoms with Gasteiger partial charge in [0.05, 0.1) is 11.8 Å². The topological polar surface area (TPSA) is 76.9 Å². The maximum absolute atomic E-state index is 12.6. The number of aromatic nitrogens is 3. The highest BCUT2D eigenvalue weighted by Crippen LogP contribution is 2.24. The molecule has 0 aliphatic rings. The van der Waals surface area contributed by atoms with Gasteiger partial charge in [-0.15, -0.1) is 10.2 Å². The summed E-state index contributed by atoms with van der Waals surface area (Å²) in [4.78, 5) is 23.9. The molecule has 144 valence electrons. The van der Waals surface area contributed by atoms with Crippen molar-refractivity contribution in [2.45, 2.75) is 37.7 Å². The van der Waals surface area contributed by atoms with Crippen molar-refractivity contribution in [2.75, 3.05) is 5.32 Å². The molecule has 7 heteroatoms. The molecule has 3 rings (SSSR count). The molecule has 1 atom stereocenters. The third kappa shape index (κ3) is 4.86. The van der Waals surface area contributed by atoms with Crippen LogP contribution in [0.5, 0.6) is 0 Å². The number of hydrogen-bond acceptors (Lipinski definition) is 5. The summed E-state index contributed by atoms with van der Waals surface area (Å²) in [7, 11) is 0. The number of hydrogen-bond donors (Lipinski definition) is 1. The molecule has 1 amide bonds. The second-order valence-electron chi connectivity index (χ2n) is 6.48. The van der Waals surface area contributed by atoms with E-state index in [9.17, 15) is 9.59 Å². The van der Waals surface area contributed by atoms with E-state index < -0.39 is 0 Å². The predicted molar refractivity (Wildman–Crippen MR) is 111 cm³/mol. The van der Waals surface area contributed by atoms with Gasteiger partial charge in [0.2, 0.25) is 5.91 Å². The van der Waals surface area contributed by atoms with Crippen molar-refractivity contribution in [2.24, 2.45) is 0 Å². The highest BCUT2D eigenvalue weighted by molar-refractivity contribution is 8.00. The van der Waals surface area contributed by atoms with Crippen molar-refractivity contribution in [3.8, 4) is 0 Å². The first-order valence-corrected chi connectivity index (χ1v) is 9.84. The number of nitrogens with zero attached hydrogens (tertiary/aromatic N) is 3. The quantitative estimate of drug-likeness (QED) is 0.485. The molecule has 0 aliphatic heterocycles. The lowest BCUT2D eigenvalue weighted by Gasteiger charge is -2.13. The minimum Gasteiger partial charge on any atom is -0.325 e. The first-order chi connectivity index (χ1) is 13.4. The van der Waals surface area contributed by atoms with E-state index in [2.05, 4.69) is 27.6 Å². The van der Waals surface area contributed by atoms with E-state index in [1.165, 1.54) is 18.7 Å². The molecule has 1 aromatic heterocycles. The number of ketones is 1. The van der Waals surface area contributed by atoms with E-state index >= 15 is 0 Å². The molecule has 1 heterocycles. The summed E-state index contributed by atoms with van der Waals surface area (Å²) >= 11 is 1.37. The summed E-state index contributed by atoms with van der Waals surface area (Å²) in [5, 5.41) is 11.6. The number of carbonyl (C=O) groups excluding carboxylic acids is 2. The average molecular weight is 395 g/mol. The zero-order valence-electron chi connectivity index (χ0n) is 16.0. The summed E-state index contributed by atoms with van der Waals surface area (Å²) in [5.74, 6) is 0.668. The van der Waals surface area contributed by atoms with E-state index in [0.717, 1.165) is 11.4 Å². The van der Waals surface area contributed by atoms with E-state index in [1.807, 2.05) is 36.6 Å². The highest BCUT2D eigenvalue weighted by Gasteiger charge is 2.19. The second-order valence-corrected chi connectivity index (χ2v) is 7.79. The molecule has 0 fully saturated rings. The van der Waals surface area contributed by atoms with Crippen LogP contribution in [0, 0.1) is 6.92 Å². The van der Waals surface area contributed by atoms with Crippen LogP contribution in [0.3, 0.4) is 0 Å². The van der Waals surface area contributed by atoms with Crippen LogP contribution in [0.15, 0.2) is 59.8 Å². The first-order valence-electron chi connectivity index (χ1n) is 8.96. The van der Waals surface area contributed by atoms with Crippen molar-refractivity contribution in [3.05, 3.63) is 71.5 Å². The molecule has 0 bridgehead atoms. The minimum absolute atomic E-state index is 0.00470. The van der Waals surface area contributed by atoms with Gasteiger partial charge in [-0.3, -0.25) is 9.59 Å². The standard InChI is InChI=1S/C21H22N4O2S/c1-14(26)18-9-11-19(12-10-18)22-20(27)15(2)28-21-24-23-16(3)25(21)13-17-7-5-4-6-8-17/h4-12,15H,13H2,1-3H3,(H,22,27)/t15-/m0/s1. The monoisotopic (exact) mass is 394 g/mol. The molecular weight excluding hydrogens is 372 g/mol. The number of amides is 1. The van der Waals surface area contributed by atoms with Gasteiger partial charge in [0.15, 0.2) is 10.9 Å². The molecule has 2 aromatic carbocycles. The van der Waals surface area contributed by atoms with Crippen LogP contribution in [0.1, 0.15) is 35.6 Å². The Labute approximate surface area is 168 Å². The van der Waals surface area contributed by atoms with E-state index in [4.69, 9.17) is 0 Å². The van der Waals surface area contributed by atoms with Crippen LogP contribution in [-0.4, -0.2) is 31.7 Å². The molecule has 1 N–H and O–H groups in total. The number of Topliss-reactive ketones (excluding diaryl/α,β-unsaturated/α-hetero) is 1. The van der Waals surface area contributed by atoms with Gasteiger partial charge in [-0.25, -0.2) is 0 Å². The van der Waals surface area contributed by atoms with Crippen LogP contribution < -0.4 is 5.32 Å². The van der Waals surface area contributed by atoms with Crippen molar-refractivity contribution < 1.29 is 9.59 Å². The Morgan fingerprint density at radius 1 is 1.07 bits per heavy atom. The van der Waals surface area contributed by atoms with Crippen molar-refractivity contribution in [1.82, 2.24) is 14.8 Å². The first kappa shape index (κ1) is 19.8. The van der Waals surface area contributed by atoms with Crippen molar-refractivity contribution in [1.29, 1.82) is 0 Å². The predicted octanol–water partition coefficient (Wildman–Crippen LogP) is 3.96. The fourth-order valence-corrected chi connectivity index (χ4v) is 3.53. The van der Waals surface area contributed by atoms with Crippen LogP contribution in [0.4, 0.5) is 5.69 Å². The summed E-state index contributed by atoms with van der Waals surface area (Å²) in [5.41, 5.74) is 2.42. The third-order valence-electron chi connectivity index (χ3n) is 4.30. The number of thioether (sulfide) groups is 1. The molecule has 0 radical (unpaired) electrons. The van der Waals surface area contributed by atoms with Gasteiger partial charge in [0.1, 0.15) is 5.82 Å². The zero-order chi connectivity index (χ0) is 20.1. The number of carbonyl (C=O) groups is 2. The van der Waals surface area contributed by atoms with Gasteiger partial charge in [0.25, 0.3) is 0 Å². The number of aryl methyl sites for hydroxylation is 1. The van der Waals surface area contributed by atoms with Gasteiger partial charge in [-0.1, -0.05) is 42.1 Å². The maximum atomic E-state index is 12.6. The number of benzene rings is 2. The van der Waals surface area contributed by atoms with Gasteiger partial charge in [-0.05, 0) is 50.6 Å². The molecule has 0 aliphatic carbocycles. The van der Waals surface area contributed by atoms with E-state index in [0.29, 0.717) is 23.0 Å². The van der Waals surface area contributed by atoms with Crippen LogP contribution in [0.2, 0.25) is 0 Å². The number of nitrogens with one attached hydrogen (secondary N) is 1. The molecule has 0 saturated heterocycles. The van der Waals surface area contributed by atoms with Gasteiger partial charge < -0.3 is 9.88 Å². The normalized spacial score (nSPS) is 11.8. The molecule has 28 heavy (non-hydrogen) atoms. The zero-order valence-corrected chi connectivity index (χ0v) is 16.9. The minimum atomic E-state index is -0.356. The van der Waals surface area contributed by atoms with Gasteiger partial charge >= 0.3 is 0 Å². The Hall–Kier alpha value is -2.93. The van der Waals surface area contributed by atoms with Gasteiger partial charge in [0, 0.05) is 11.3 Å². The molecule has 6 nitrogen and oxygen atoms in total. The lowest BCUT2D eigenvalue weighted by atomic mass is 10.1.